The summed E-state index contributed by atoms with van der Waals surface area (Å²) in [5, 5.41) is 0. The molecule has 0 fully saturated rings. The summed E-state index contributed by atoms with van der Waals surface area (Å²) >= 11 is 0. The van der Waals surface area contributed by atoms with Crippen LogP contribution in [0.2, 0.25) is 0 Å². The number of rotatable bonds is 7. The van der Waals surface area contributed by atoms with Crippen molar-refractivity contribution >= 4 is 9.05 Å². The second-order valence-corrected chi connectivity index (χ2v) is 4.09. The summed E-state index contributed by atoms with van der Waals surface area (Å²) in [5.74, 6) is 0. The van der Waals surface area contributed by atoms with Crippen LogP contribution in [0.1, 0.15) is 35.6 Å². The molecule has 0 N–H and O–H groups in total. The van der Waals surface area contributed by atoms with Gasteiger partial charge in [0, 0.05) is 19.8 Å². The molecule has 0 aromatic heterocycles. The summed E-state index contributed by atoms with van der Waals surface area (Å²) in [6.07, 6.45) is 7.08. The first-order chi connectivity index (χ1) is 6.24. The standard InChI is InChI=1S/C8H16O4Si.2CH4/c1-5-9-13(10-6-2,11-7-3)12-8-4;;/h1H,6-8H2,2-4H3;2*1H4. The van der Waals surface area contributed by atoms with Crippen LogP contribution in [-0.4, -0.2) is 28.9 Å². The van der Waals surface area contributed by atoms with E-state index in [1.165, 1.54) is 0 Å². The Morgan fingerprint density at radius 2 is 1.27 bits per heavy atom. The van der Waals surface area contributed by atoms with Crippen molar-refractivity contribution < 1.29 is 17.7 Å². The van der Waals surface area contributed by atoms with E-state index in [9.17, 15) is 0 Å². The lowest BCUT2D eigenvalue weighted by Gasteiger charge is -2.23. The van der Waals surface area contributed by atoms with Crippen molar-refractivity contribution in [3.05, 3.63) is 0 Å². The molecule has 0 radical (unpaired) electrons. The molecular formula is C10H24O4Si. The van der Waals surface area contributed by atoms with Crippen LogP contribution in [0, 0.1) is 12.5 Å². The fourth-order valence-electron chi connectivity index (χ4n) is 0.816. The largest absolute Gasteiger partial charge is 0.758 e. The molecule has 0 bridgehead atoms. The highest BCUT2D eigenvalue weighted by molar-refractivity contribution is 6.53. The maximum atomic E-state index is 5.28. The Hall–Kier alpha value is -0.543. The first-order valence-corrected chi connectivity index (χ1v) is 5.93. The number of terminal acetylenes is 1. The second-order valence-electron chi connectivity index (χ2n) is 2.02. The van der Waals surface area contributed by atoms with Gasteiger partial charge in [0.25, 0.3) is 0 Å². The van der Waals surface area contributed by atoms with Crippen LogP contribution in [0.15, 0.2) is 0 Å². The lowest BCUT2D eigenvalue weighted by Crippen LogP contribution is -2.48. The van der Waals surface area contributed by atoms with Gasteiger partial charge in [0.05, 0.1) is 6.11 Å². The predicted octanol–water partition coefficient (Wildman–Crippen LogP) is 2.41. The highest BCUT2D eigenvalue weighted by Crippen LogP contribution is 2.10. The molecule has 0 saturated heterocycles. The van der Waals surface area contributed by atoms with E-state index < -0.39 is 9.05 Å². The van der Waals surface area contributed by atoms with Gasteiger partial charge < -0.3 is 17.7 Å². The van der Waals surface area contributed by atoms with Gasteiger partial charge in [0.2, 0.25) is 0 Å². The fourth-order valence-corrected chi connectivity index (χ4v) is 2.45. The lowest BCUT2D eigenvalue weighted by atomic mass is 10.9. The van der Waals surface area contributed by atoms with Crippen LogP contribution in [0.5, 0.6) is 0 Å². The Kier molecular flexibility index (Phi) is 15.3. The van der Waals surface area contributed by atoms with Crippen LogP contribution in [0.25, 0.3) is 0 Å². The van der Waals surface area contributed by atoms with Crippen molar-refractivity contribution in [3.63, 3.8) is 0 Å². The number of hydrogen-bond acceptors (Lipinski definition) is 4. The van der Waals surface area contributed by atoms with Gasteiger partial charge in [0.15, 0.2) is 0 Å². The smallest absolute Gasteiger partial charge is 0.429 e. The Bertz CT molecular complexity index is 150. The van der Waals surface area contributed by atoms with Crippen molar-refractivity contribution in [1.29, 1.82) is 0 Å². The Morgan fingerprint density at radius 1 is 0.933 bits per heavy atom. The maximum absolute atomic E-state index is 5.28. The summed E-state index contributed by atoms with van der Waals surface area (Å²) < 4.78 is 20.8. The van der Waals surface area contributed by atoms with Gasteiger partial charge >= 0.3 is 9.05 Å². The van der Waals surface area contributed by atoms with Crippen LogP contribution in [0.3, 0.4) is 0 Å². The van der Waals surface area contributed by atoms with Gasteiger partial charge in [-0.3, -0.25) is 0 Å². The molecule has 0 atom stereocenters. The van der Waals surface area contributed by atoms with E-state index in [1.807, 2.05) is 26.9 Å². The molecule has 92 valence electrons. The van der Waals surface area contributed by atoms with E-state index in [1.54, 1.807) is 0 Å². The molecule has 0 aromatic carbocycles. The SMILES string of the molecule is C.C.C#CO[Si](OCC)(OCC)OCC. The average Bonchev–Trinajstić information content (AvgIpc) is 2.06. The zero-order valence-corrected chi connectivity index (χ0v) is 9.33. The van der Waals surface area contributed by atoms with Crippen molar-refractivity contribution in [1.82, 2.24) is 0 Å². The maximum Gasteiger partial charge on any atom is 0.758 e. The molecule has 0 aliphatic carbocycles. The quantitative estimate of drug-likeness (QED) is 0.502. The molecule has 0 aliphatic rings. The first kappa shape index (κ1) is 19.9. The van der Waals surface area contributed by atoms with E-state index >= 15 is 0 Å². The third kappa shape index (κ3) is 7.39. The zero-order chi connectivity index (χ0) is 10.2. The minimum Gasteiger partial charge on any atom is -0.429 e. The summed E-state index contributed by atoms with van der Waals surface area (Å²) in [7, 11) is -3.03. The third-order valence-electron chi connectivity index (χ3n) is 1.15. The van der Waals surface area contributed by atoms with E-state index in [0.29, 0.717) is 19.8 Å². The molecule has 15 heavy (non-hydrogen) atoms. The molecule has 0 heterocycles. The van der Waals surface area contributed by atoms with Gasteiger partial charge in [-0.15, -0.1) is 0 Å². The molecule has 0 saturated carbocycles. The monoisotopic (exact) mass is 236 g/mol. The molecular weight excluding hydrogens is 212 g/mol. The Morgan fingerprint density at radius 3 is 1.47 bits per heavy atom. The molecule has 5 heteroatoms. The molecule has 0 aromatic rings. The summed E-state index contributed by atoms with van der Waals surface area (Å²) in [6, 6.07) is 0. The summed E-state index contributed by atoms with van der Waals surface area (Å²) in [5.41, 5.74) is 0. The molecule has 0 spiro atoms. The Balaban J connectivity index is -0.000000720. The first-order valence-electron chi connectivity index (χ1n) is 4.30. The molecule has 0 aliphatic heterocycles. The highest BCUT2D eigenvalue weighted by atomic mass is 28.4. The van der Waals surface area contributed by atoms with Crippen molar-refractivity contribution in [2.24, 2.45) is 0 Å². The van der Waals surface area contributed by atoms with Crippen LogP contribution < -0.4 is 0 Å². The Labute approximate surface area is 95.4 Å². The van der Waals surface area contributed by atoms with Crippen LogP contribution in [0.4, 0.5) is 0 Å². The van der Waals surface area contributed by atoms with Crippen LogP contribution >= 0.6 is 0 Å². The van der Waals surface area contributed by atoms with Gasteiger partial charge in [0.1, 0.15) is 0 Å². The van der Waals surface area contributed by atoms with E-state index in [-0.39, 0.29) is 14.9 Å². The summed E-state index contributed by atoms with van der Waals surface area (Å²) in [4.78, 5) is 0. The van der Waals surface area contributed by atoms with Crippen molar-refractivity contribution in [2.75, 3.05) is 19.8 Å². The van der Waals surface area contributed by atoms with Gasteiger partial charge in [-0.25, -0.2) is 0 Å². The third-order valence-corrected chi connectivity index (χ3v) is 3.44. The lowest BCUT2D eigenvalue weighted by molar-refractivity contribution is 0.00110. The van der Waals surface area contributed by atoms with Gasteiger partial charge in [-0.2, -0.15) is 0 Å². The molecule has 4 nitrogen and oxygen atoms in total. The minimum absolute atomic E-state index is 0. The summed E-state index contributed by atoms with van der Waals surface area (Å²) in [6.45, 7) is 6.86. The molecule has 0 unspecified atom stereocenters. The number of hydrogen-bond donors (Lipinski definition) is 0. The highest BCUT2D eigenvalue weighted by Gasteiger charge is 2.47. The predicted molar refractivity (Wildman–Crippen MR) is 64.0 cm³/mol. The van der Waals surface area contributed by atoms with Crippen molar-refractivity contribution in [3.8, 4) is 12.5 Å². The van der Waals surface area contributed by atoms with E-state index in [2.05, 4.69) is 0 Å². The normalized spacial score (nSPS) is 9.47. The molecule has 0 amide bonds. The van der Waals surface area contributed by atoms with Gasteiger partial charge in [-0.05, 0) is 20.8 Å². The van der Waals surface area contributed by atoms with E-state index in [0.717, 1.165) is 0 Å². The second kappa shape index (κ2) is 11.5. The van der Waals surface area contributed by atoms with Crippen LogP contribution in [-0.2, 0) is 17.7 Å². The fraction of sp³-hybridized carbons (Fsp3) is 0.800. The van der Waals surface area contributed by atoms with Crippen molar-refractivity contribution in [2.45, 2.75) is 35.6 Å². The average molecular weight is 236 g/mol. The topological polar surface area (TPSA) is 36.9 Å². The minimum atomic E-state index is -3.03. The van der Waals surface area contributed by atoms with Gasteiger partial charge in [-0.1, -0.05) is 21.3 Å². The van der Waals surface area contributed by atoms with E-state index in [4.69, 9.17) is 24.1 Å². The zero-order valence-electron chi connectivity index (χ0n) is 8.33. The molecule has 0 rings (SSSR count).